The molecule has 0 fully saturated rings. The van der Waals surface area contributed by atoms with Gasteiger partial charge in [0, 0.05) is 58.3 Å². The van der Waals surface area contributed by atoms with Crippen LogP contribution >= 0.6 is 0 Å². The number of nitrogens with zero attached hydrogens (tertiary/aromatic N) is 4. The number of benzene rings is 10. The minimum atomic E-state index is -0.383. The van der Waals surface area contributed by atoms with Crippen molar-refractivity contribution >= 4 is 94.2 Å². The fourth-order valence-electron chi connectivity index (χ4n) is 10.4. The fourth-order valence-corrected chi connectivity index (χ4v) is 10.4. The van der Waals surface area contributed by atoms with Gasteiger partial charge < -0.3 is 10.6 Å². The normalized spacial score (nSPS) is 12.1. The summed E-state index contributed by atoms with van der Waals surface area (Å²) in [7, 11) is 0. The zero-order valence-corrected chi connectivity index (χ0v) is 46.0. The second-order valence-corrected chi connectivity index (χ2v) is 18.4. The Morgan fingerprint density at radius 3 is 1.32 bits per heavy atom. The molecule has 10 aromatic rings. The topological polar surface area (TPSA) is 194 Å². The molecule has 0 saturated carbocycles. The first-order chi connectivity index (χ1) is 37.6. The fraction of sp³-hybridized carbons (Fsp3) is 0.0588. The van der Waals surface area contributed by atoms with Crippen molar-refractivity contribution in [3.05, 3.63) is 267 Å². The average molecular weight is 1050 g/mol. The van der Waals surface area contributed by atoms with E-state index >= 15 is 0 Å². The molecule has 3 aliphatic rings. The molecule has 10 aromatic carbocycles. The van der Waals surface area contributed by atoms with E-state index in [9.17, 15) is 29.7 Å². The van der Waals surface area contributed by atoms with Crippen molar-refractivity contribution in [2.75, 3.05) is 6.61 Å². The van der Waals surface area contributed by atoms with Gasteiger partial charge in [-0.15, -0.1) is 0 Å². The quantitative estimate of drug-likeness (QED) is 0.0730. The summed E-state index contributed by atoms with van der Waals surface area (Å²) in [6.45, 7) is 8.80. The first kappa shape index (κ1) is 56.1. The molecule has 0 aromatic heterocycles. The van der Waals surface area contributed by atoms with Crippen molar-refractivity contribution in [1.82, 2.24) is 0 Å². The van der Waals surface area contributed by atoms with Gasteiger partial charge in [0.2, 0.25) is 11.6 Å². The standard InChI is InChI=1S/C33H16N2O.C17H12N2O.C16H8O2.C2H6O.K.H2O/c34-17-19-8-12-21(13-9-19)28-31-26-7-3-6-25-24-5-2-1-4-23(24)16-27(30(25)26)32(31)29(33(28)36)22-14-10-20(18-35)11-15-22;1-19-16-8-6-14(7-9-16)11-17(20)10-13-2-4-15(12-18)5-3-13;17-15-12-7-3-6-11-10-5-2-1-4-9(10)8-13(14(11)12)16(15)18;1-2-3;;/h1-16H;2-9H,10-11H2;1-8H;3H,2H2,1H3;;1H2/q;;;;+1;/p-1. The number of rotatable bonds is 6. The molecule has 0 spiro atoms. The number of carbonyl (C=O) groups is 4. The van der Waals surface area contributed by atoms with E-state index < -0.39 is 0 Å². The third-order valence-electron chi connectivity index (χ3n) is 13.8. The predicted octanol–water partition coefficient (Wildman–Crippen LogP) is 10.8. The Morgan fingerprint density at radius 2 is 0.848 bits per heavy atom. The summed E-state index contributed by atoms with van der Waals surface area (Å²) in [4.78, 5) is 53.3. The van der Waals surface area contributed by atoms with Gasteiger partial charge in [0.1, 0.15) is 5.78 Å². The number of allylic oxidation sites excluding steroid dienone is 4. The summed E-state index contributed by atoms with van der Waals surface area (Å²) >= 11 is 0. The summed E-state index contributed by atoms with van der Waals surface area (Å²) in [6.07, 6.45) is 0.717. The number of carbonyl (C=O) groups excluding carboxylic acids is 4. The molecule has 3 aliphatic carbocycles. The van der Waals surface area contributed by atoms with Gasteiger partial charge >= 0.3 is 51.4 Å². The van der Waals surface area contributed by atoms with E-state index in [4.69, 9.17) is 16.9 Å². The van der Waals surface area contributed by atoms with Crippen LogP contribution in [0.25, 0.3) is 70.2 Å². The number of nitriles is 3. The van der Waals surface area contributed by atoms with Crippen LogP contribution in [0.15, 0.2) is 194 Å². The maximum Gasteiger partial charge on any atom is 1.00 e. The van der Waals surface area contributed by atoms with E-state index in [-0.39, 0.29) is 86.6 Å². The molecule has 79 heavy (non-hydrogen) atoms. The smallest absolute Gasteiger partial charge is 0.870 e. The van der Waals surface area contributed by atoms with E-state index in [1.54, 1.807) is 73.7 Å². The molecule has 0 saturated heterocycles. The number of ketones is 4. The number of fused-ring (bicyclic) bond motifs is 7. The zero-order chi connectivity index (χ0) is 53.7. The summed E-state index contributed by atoms with van der Waals surface area (Å²) in [5.74, 6) is -0.687. The van der Waals surface area contributed by atoms with Crippen LogP contribution in [-0.4, -0.2) is 40.3 Å². The molecule has 2 N–H and O–H groups in total. The minimum Gasteiger partial charge on any atom is -0.870 e. The van der Waals surface area contributed by atoms with E-state index in [1.807, 2.05) is 91.0 Å². The largest absolute Gasteiger partial charge is 1.00 e. The van der Waals surface area contributed by atoms with Crippen LogP contribution in [-0.2, 0) is 22.4 Å². The second-order valence-electron chi connectivity index (χ2n) is 18.4. The first-order valence-corrected chi connectivity index (χ1v) is 24.7. The third kappa shape index (κ3) is 10.8. The Hall–Kier alpha value is -9.08. The number of Topliss-reactive ketones (excluding diaryl/α,β-unsaturated/α-hetero) is 4. The van der Waals surface area contributed by atoms with E-state index in [1.165, 1.54) is 10.8 Å². The van der Waals surface area contributed by atoms with Gasteiger partial charge in [-0.1, -0.05) is 146 Å². The summed E-state index contributed by atoms with van der Waals surface area (Å²) < 4.78 is 0. The summed E-state index contributed by atoms with van der Waals surface area (Å²) in [5, 5.41) is 43.4. The summed E-state index contributed by atoms with van der Waals surface area (Å²) in [6, 6.07) is 67.0. The SMILES string of the molecule is CCO.N#Cc1ccc(C2=C3C(=C(c4ccc(C#N)cc4)C2=O)c2cc4ccccc4c4cccc3c24)cc1.O=C1C(=O)c2cc3ccccc3c3cccc1c23.[C-]#[N+]c1ccc(CC(=O)Cc2ccc(C#N)cc2)cc1.[K+].[OH-]. The van der Waals surface area contributed by atoms with Crippen molar-refractivity contribution in [2.45, 2.75) is 19.8 Å². The van der Waals surface area contributed by atoms with Crippen LogP contribution in [0.1, 0.15) is 77.7 Å². The van der Waals surface area contributed by atoms with Crippen molar-refractivity contribution in [3.63, 3.8) is 0 Å². The van der Waals surface area contributed by atoms with Gasteiger partial charge in [0.05, 0.1) is 41.5 Å². The first-order valence-electron chi connectivity index (χ1n) is 24.7. The van der Waals surface area contributed by atoms with E-state index in [0.717, 1.165) is 76.8 Å². The molecular formula is C68H43KN4O6. The Balaban J connectivity index is 0.000000163. The Morgan fingerprint density at radius 1 is 0.468 bits per heavy atom. The van der Waals surface area contributed by atoms with Gasteiger partial charge in [0.15, 0.2) is 11.5 Å². The Bertz CT molecular complexity index is 4300. The van der Waals surface area contributed by atoms with E-state index in [0.29, 0.717) is 57.5 Å². The van der Waals surface area contributed by atoms with Crippen molar-refractivity contribution in [3.8, 4) is 18.2 Å². The van der Waals surface area contributed by atoms with Crippen LogP contribution in [0.3, 0.4) is 0 Å². The molecule has 0 unspecified atom stereocenters. The molecule has 0 radical (unpaired) electrons. The molecule has 372 valence electrons. The number of hydrogen-bond donors (Lipinski definition) is 1. The Kier molecular flexibility index (Phi) is 17.4. The zero-order valence-electron chi connectivity index (χ0n) is 42.9. The molecule has 0 bridgehead atoms. The van der Waals surface area contributed by atoms with Gasteiger partial charge in [-0.3, -0.25) is 19.2 Å². The minimum absolute atomic E-state index is 0. The van der Waals surface area contributed by atoms with Crippen LogP contribution in [0.5, 0.6) is 0 Å². The molecule has 0 aliphatic heterocycles. The number of aliphatic hydroxyl groups is 1. The molecule has 0 amide bonds. The Labute approximate surface area is 498 Å². The van der Waals surface area contributed by atoms with Crippen LogP contribution in [0.4, 0.5) is 5.69 Å². The molecule has 0 atom stereocenters. The van der Waals surface area contributed by atoms with Crippen LogP contribution in [0.2, 0.25) is 0 Å². The molecule has 0 heterocycles. The number of aliphatic hydroxyl groups excluding tert-OH is 1. The van der Waals surface area contributed by atoms with Gasteiger partial charge in [0.25, 0.3) is 0 Å². The molecular weight excluding hydrogens is 1010 g/mol. The number of hydrogen-bond acceptors (Lipinski definition) is 9. The third-order valence-corrected chi connectivity index (χ3v) is 13.8. The van der Waals surface area contributed by atoms with Crippen LogP contribution < -0.4 is 51.4 Å². The molecule has 13 rings (SSSR count). The predicted molar refractivity (Wildman–Crippen MR) is 303 cm³/mol. The molecule has 10 nitrogen and oxygen atoms in total. The van der Waals surface area contributed by atoms with Crippen molar-refractivity contribution in [2.24, 2.45) is 0 Å². The monoisotopic (exact) mass is 1050 g/mol. The van der Waals surface area contributed by atoms with E-state index in [2.05, 4.69) is 59.4 Å². The van der Waals surface area contributed by atoms with Crippen molar-refractivity contribution in [1.29, 1.82) is 15.8 Å². The maximum absolute atomic E-state index is 14.2. The van der Waals surface area contributed by atoms with Crippen molar-refractivity contribution < 1.29 is 81.1 Å². The van der Waals surface area contributed by atoms with Gasteiger partial charge in [-0.05, 0) is 127 Å². The molecule has 11 heteroatoms. The average Bonchev–Trinajstić information content (AvgIpc) is 3.92. The van der Waals surface area contributed by atoms with Gasteiger partial charge in [-0.2, -0.15) is 15.8 Å². The van der Waals surface area contributed by atoms with Gasteiger partial charge in [-0.25, -0.2) is 4.85 Å². The second kappa shape index (κ2) is 24.5. The van der Waals surface area contributed by atoms with Crippen LogP contribution in [0, 0.1) is 40.6 Å². The summed E-state index contributed by atoms with van der Waals surface area (Å²) in [5.41, 5.74) is 12.1. The maximum atomic E-state index is 14.2.